The van der Waals surface area contributed by atoms with E-state index in [9.17, 15) is 47.9 Å². The molecule has 4 atom stereocenters. The number of hydrogen-bond acceptors (Lipinski definition) is 23. The second-order valence-electron chi connectivity index (χ2n) is 29.6. The minimum absolute atomic E-state index is 0. The van der Waals surface area contributed by atoms with Gasteiger partial charge < -0.3 is 53.1 Å². The Morgan fingerprint density at radius 2 is 0.922 bits per heavy atom. The molecular weight excluding hydrogens is 1530 g/mol. The van der Waals surface area contributed by atoms with Crippen molar-refractivity contribution in [3.63, 3.8) is 0 Å². The predicted molar refractivity (Wildman–Crippen MR) is 458 cm³/mol. The molecule has 7 rings (SSSR count). The summed E-state index contributed by atoms with van der Waals surface area (Å²) in [6, 6.07) is 34.5. The summed E-state index contributed by atoms with van der Waals surface area (Å²) in [5, 5.41) is 18.5. The highest BCUT2D eigenvalue weighted by Crippen LogP contribution is 2.34. The zero-order valence-corrected chi connectivity index (χ0v) is 71.9. The summed E-state index contributed by atoms with van der Waals surface area (Å²) in [6.07, 6.45) is 8.45. The minimum Gasteiger partial charge on any atom is -0.481 e. The van der Waals surface area contributed by atoms with Gasteiger partial charge in [-0.25, -0.2) is 19.6 Å². The van der Waals surface area contributed by atoms with Gasteiger partial charge in [0, 0.05) is 23.2 Å². The van der Waals surface area contributed by atoms with Crippen LogP contribution in [0.5, 0.6) is 0 Å². The summed E-state index contributed by atoms with van der Waals surface area (Å²) < 4.78 is 41.6. The summed E-state index contributed by atoms with van der Waals surface area (Å²) in [4.78, 5) is 125. The fraction of sp³-hybridized carbons (Fsp3) is 0.551. The number of nitrogens with zero attached hydrogens (tertiary/aromatic N) is 2. The van der Waals surface area contributed by atoms with Crippen LogP contribution in [-0.4, -0.2) is 138 Å². The van der Waals surface area contributed by atoms with Crippen molar-refractivity contribution in [2.24, 2.45) is 33.5 Å². The average molecular weight is 1660 g/mol. The molecule has 23 nitrogen and oxygen atoms in total. The number of aromatic amines is 1. The molecule has 1 fully saturated rings. The van der Waals surface area contributed by atoms with Crippen LogP contribution in [0.4, 0.5) is 0 Å². The Labute approximate surface area is 695 Å². The Morgan fingerprint density at radius 1 is 0.522 bits per heavy atom. The number of carbonyl (C=O) groups excluding carboxylic acids is 8. The molecule has 4 unspecified atom stereocenters. The number of para-hydroxylation sites is 3. The van der Waals surface area contributed by atoms with Crippen molar-refractivity contribution in [2.75, 3.05) is 52.9 Å². The third kappa shape index (κ3) is 41.0. The Kier molecular flexibility index (Phi) is 51.3. The van der Waals surface area contributed by atoms with Crippen LogP contribution in [0.25, 0.3) is 21.3 Å². The van der Waals surface area contributed by atoms with E-state index in [0.717, 1.165) is 56.5 Å². The molecule has 6 aromatic rings. The first kappa shape index (κ1) is 106. The van der Waals surface area contributed by atoms with E-state index in [4.69, 9.17) is 43.4 Å². The minimum atomic E-state index is -1.05. The molecule has 4 aromatic carbocycles. The Morgan fingerprint density at radius 3 is 1.33 bits per heavy atom. The van der Waals surface area contributed by atoms with Crippen molar-refractivity contribution < 1.29 is 96.1 Å². The number of aliphatic carboxylic acids is 2. The molecule has 2 heterocycles. The first-order valence-electron chi connectivity index (χ1n) is 38.7. The topological polar surface area (TPSA) is 327 Å². The summed E-state index contributed by atoms with van der Waals surface area (Å²) in [6.45, 7) is 39.5. The number of thiazole rings is 1. The lowest BCUT2D eigenvalue weighted by molar-refractivity contribution is -0.164. The number of fused-ring (bicyclic) bond motifs is 2. The summed E-state index contributed by atoms with van der Waals surface area (Å²) in [5.74, 6) is -3.34. The number of carboxylic acids is 2. The largest absolute Gasteiger partial charge is 0.481 e. The number of benzene rings is 4. The smallest absolute Gasteiger partial charge is 0.333 e. The normalized spacial score (nSPS) is 13.4. The van der Waals surface area contributed by atoms with Gasteiger partial charge in [-0.2, -0.15) is 0 Å². The summed E-state index contributed by atoms with van der Waals surface area (Å²) >= 11 is 5.36. The Hall–Kier alpha value is -8.88. The van der Waals surface area contributed by atoms with Crippen LogP contribution in [0.1, 0.15) is 244 Å². The summed E-state index contributed by atoms with van der Waals surface area (Å²) in [5.41, 5.74) is 7.08. The van der Waals surface area contributed by atoms with Crippen molar-refractivity contribution in [3.05, 3.63) is 144 Å². The van der Waals surface area contributed by atoms with E-state index < -0.39 is 69.3 Å². The van der Waals surface area contributed by atoms with E-state index >= 15 is 0 Å². The zero-order valence-electron chi connectivity index (χ0n) is 69.5. The van der Waals surface area contributed by atoms with Gasteiger partial charge in [-0.05, 0) is 172 Å². The lowest BCUT2D eigenvalue weighted by Gasteiger charge is -2.26. The molecule has 0 aliphatic heterocycles. The van der Waals surface area contributed by atoms with Crippen LogP contribution in [-0.2, 0) is 97.3 Å². The van der Waals surface area contributed by atoms with Gasteiger partial charge in [-0.1, -0.05) is 193 Å². The number of esters is 8. The quantitative estimate of drug-likeness (QED) is 0.0107. The van der Waals surface area contributed by atoms with Crippen molar-refractivity contribution in [2.45, 2.75) is 242 Å². The lowest BCUT2D eigenvalue weighted by atomic mass is 9.79. The van der Waals surface area contributed by atoms with E-state index in [0.29, 0.717) is 55.9 Å². The van der Waals surface area contributed by atoms with Gasteiger partial charge in [-0.15, -0.1) is 11.3 Å². The van der Waals surface area contributed by atoms with Gasteiger partial charge >= 0.3 is 59.7 Å². The van der Waals surface area contributed by atoms with Gasteiger partial charge in [0.25, 0.3) is 0 Å². The molecule has 1 aliphatic carbocycles. The highest BCUT2D eigenvalue weighted by molar-refractivity contribution is 8.00. The number of ether oxygens (including phenoxy) is 8. The van der Waals surface area contributed by atoms with Gasteiger partial charge in [-0.3, -0.25) is 38.4 Å². The van der Waals surface area contributed by atoms with E-state index in [1.165, 1.54) is 39.8 Å². The monoisotopic (exact) mass is 1660 g/mol. The van der Waals surface area contributed by atoms with Gasteiger partial charge in [0.05, 0.1) is 67.6 Å². The fourth-order valence-corrected chi connectivity index (χ4v) is 12.2. The molecule has 0 spiro atoms. The number of aromatic nitrogens is 3. The number of rotatable bonds is 37. The molecule has 0 saturated heterocycles. The second kappa shape index (κ2) is 55.6. The maximum Gasteiger partial charge on any atom is 0.333 e. The number of carboxylic acid groups (broad SMARTS) is 2. The zero-order chi connectivity index (χ0) is 84.9. The van der Waals surface area contributed by atoms with E-state index in [-0.39, 0.29) is 104 Å². The number of thioether (sulfide) groups is 2. The van der Waals surface area contributed by atoms with E-state index in [1.807, 2.05) is 91.4 Å². The van der Waals surface area contributed by atoms with Crippen LogP contribution in [0.15, 0.2) is 131 Å². The molecule has 3 N–H and O–H groups in total. The standard InChI is InChI=1S/C18H20N2S.C18H19NS2.C16H26O6.C12H20O6.C12H20O4.C11H18O4.2CH4/c1-3-13(2)15-10-8-14(9-11-15)12-21-18-19-16-6-4-5-7-17(16)20-18;1-3-13(2)15-10-8-14(9-11-15)12-20-18-19-16-6-4-5-7-17(16)21-18;1-4-16(2,3)15(20)22-10-9-21-14(19)12-8-6-5-7-11(12)13(17)18;1-4-12(2,3)11(16)18-8-7-17-10(15)6-5-9(13)14;1-6-12(4,5)11(14)16-8-7-15-10(13)9(2)3;1-5-9(12)14-7-8-15-10(13)11(3,4)6-2;;/h4-11,13H,3,12H2,1-2H3,(H,19,20);4-11,13H,3,12H2,1-2H3;11-12H,4-10H2,1-3H3,(H,17,18);4-8H2,1-3H3,(H,13,14);2,6-8H2,1,3-5H3;5H,1,6-8H2,2-4H3;2*1H4. The van der Waals surface area contributed by atoms with E-state index in [1.54, 1.807) is 57.7 Å². The average Bonchev–Trinajstić information content (AvgIpc) is 1.74. The molecule has 1 saturated carbocycles. The molecule has 0 radical (unpaired) electrons. The van der Waals surface area contributed by atoms with Crippen molar-refractivity contribution >= 4 is 116 Å². The van der Waals surface area contributed by atoms with Crippen molar-refractivity contribution in [1.29, 1.82) is 0 Å². The van der Waals surface area contributed by atoms with Crippen molar-refractivity contribution in [1.82, 2.24) is 15.0 Å². The second-order valence-corrected chi connectivity index (χ2v) is 32.8. The SMILES string of the molecule is C.C.C=C(C)C(=O)OCCOC(=O)C(C)(C)CC.C=CC(=O)OCCOC(=O)C(C)(C)CC.CCC(C)(C)C(=O)OCCOC(=O)C1CCCCC1C(=O)O.CCC(C)(C)C(=O)OCCOC(=O)CCC(=O)O.CCC(C)c1ccc(CSc2nc3ccccc3[nH]2)cc1.CCC(C)c1ccc(CSc2nc3ccccc3s2)cc1. The van der Waals surface area contributed by atoms with Crippen LogP contribution in [0, 0.1) is 33.5 Å². The number of carbonyl (C=O) groups is 10. The molecule has 26 heteroatoms. The maximum absolute atomic E-state index is 12.0. The van der Waals surface area contributed by atoms with Gasteiger partial charge in [0.1, 0.15) is 52.9 Å². The van der Waals surface area contributed by atoms with Crippen LogP contribution < -0.4 is 0 Å². The molecule has 115 heavy (non-hydrogen) atoms. The predicted octanol–water partition coefficient (Wildman–Crippen LogP) is 20.3. The molecule has 0 amide bonds. The first-order chi connectivity index (χ1) is 53.3. The number of nitrogens with one attached hydrogen (secondary N) is 1. The molecular formula is C89H131N3O20S3. The molecule has 640 valence electrons. The Bertz CT molecular complexity index is 3760. The van der Waals surface area contributed by atoms with E-state index in [2.05, 4.69) is 133 Å². The van der Waals surface area contributed by atoms with Gasteiger partial charge in [0.15, 0.2) is 9.50 Å². The highest BCUT2D eigenvalue weighted by atomic mass is 32.2. The first-order valence-corrected chi connectivity index (χ1v) is 41.5. The summed E-state index contributed by atoms with van der Waals surface area (Å²) in [7, 11) is 0. The van der Waals surface area contributed by atoms with Crippen LogP contribution in [0.2, 0.25) is 0 Å². The maximum atomic E-state index is 12.0. The third-order valence-electron chi connectivity index (χ3n) is 19.1. The fourth-order valence-electron chi connectivity index (χ4n) is 9.31. The van der Waals surface area contributed by atoms with Gasteiger partial charge in [0.2, 0.25) is 0 Å². The highest BCUT2D eigenvalue weighted by Gasteiger charge is 2.37. The molecule has 0 bridgehead atoms. The Balaban J connectivity index is 0.00000136. The lowest BCUT2D eigenvalue weighted by Crippen LogP contribution is -2.34. The number of H-pyrrole nitrogens is 1. The molecule has 1 aliphatic rings. The van der Waals surface area contributed by atoms with Crippen LogP contribution in [0.3, 0.4) is 0 Å². The van der Waals surface area contributed by atoms with Crippen LogP contribution >= 0.6 is 34.9 Å². The number of hydrogen-bond donors (Lipinski definition) is 3. The molecule has 2 aromatic heterocycles. The number of imidazole rings is 1. The van der Waals surface area contributed by atoms with Crippen molar-refractivity contribution in [3.8, 4) is 0 Å². The third-order valence-corrected chi connectivity index (χ3v) is 22.3.